The standard InChI is InChI=1S/C27H38O6P2/c1-5-21(3)25-11-7-23(8-12-25)15-28-34-30-17-27(18-31-34)19-32-35(33-20-27)29-16-24-9-13-26(14-10-24)22(4)6-2/h7-14,21-22H,5-6,15-20H2,1-4H3. The van der Waals surface area contributed by atoms with Crippen LogP contribution in [0.1, 0.15) is 74.6 Å². The van der Waals surface area contributed by atoms with Crippen LogP contribution >= 0.6 is 17.2 Å². The van der Waals surface area contributed by atoms with Crippen molar-refractivity contribution in [2.75, 3.05) is 26.4 Å². The van der Waals surface area contributed by atoms with Gasteiger partial charge in [-0.1, -0.05) is 76.2 Å². The highest BCUT2D eigenvalue weighted by atomic mass is 31.2. The molecule has 2 saturated heterocycles. The summed E-state index contributed by atoms with van der Waals surface area (Å²) in [4.78, 5) is 0. The quantitative estimate of drug-likeness (QED) is 0.296. The third-order valence-electron chi connectivity index (χ3n) is 6.90. The van der Waals surface area contributed by atoms with Gasteiger partial charge in [0.15, 0.2) is 0 Å². The maximum absolute atomic E-state index is 5.90. The largest absolute Gasteiger partial charge is 0.333 e. The zero-order valence-electron chi connectivity index (χ0n) is 21.3. The Bertz CT molecular complexity index is 812. The molecule has 4 rings (SSSR count). The number of rotatable bonds is 10. The summed E-state index contributed by atoms with van der Waals surface area (Å²) in [6.45, 7) is 11.8. The first-order chi connectivity index (χ1) is 17.0. The molecule has 8 heteroatoms. The Balaban J connectivity index is 1.15. The fraction of sp³-hybridized carbons (Fsp3) is 0.556. The minimum absolute atomic E-state index is 0.305. The molecule has 192 valence electrons. The molecule has 0 aliphatic carbocycles. The summed E-state index contributed by atoms with van der Waals surface area (Å²) in [7, 11) is -2.73. The predicted molar refractivity (Wildman–Crippen MR) is 140 cm³/mol. The van der Waals surface area contributed by atoms with Gasteiger partial charge in [0.05, 0.1) is 45.1 Å². The molecule has 0 saturated carbocycles. The number of hydrogen-bond acceptors (Lipinski definition) is 6. The Hall–Kier alpha value is -0.940. The predicted octanol–water partition coefficient (Wildman–Crippen LogP) is 7.98. The van der Waals surface area contributed by atoms with Crippen LogP contribution in [0.15, 0.2) is 48.5 Å². The van der Waals surface area contributed by atoms with Gasteiger partial charge in [-0.3, -0.25) is 0 Å². The lowest BCUT2D eigenvalue weighted by Gasteiger charge is -2.41. The summed E-state index contributed by atoms with van der Waals surface area (Å²) >= 11 is 0. The summed E-state index contributed by atoms with van der Waals surface area (Å²) in [6.07, 6.45) is 2.27. The van der Waals surface area contributed by atoms with E-state index in [4.69, 9.17) is 27.1 Å². The van der Waals surface area contributed by atoms with Crippen molar-refractivity contribution in [2.45, 2.75) is 65.6 Å². The second-order valence-electron chi connectivity index (χ2n) is 9.69. The summed E-state index contributed by atoms with van der Waals surface area (Å²) in [5.41, 5.74) is 4.65. The molecule has 6 nitrogen and oxygen atoms in total. The van der Waals surface area contributed by atoms with E-state index in [1.165, 1.54) is 11.1 Å². The molecule has 2 atom stereocenters. The van der Waals surface area contributed by atoms with Gasteiger partial charge in [-0.15, -0.1) is 0 Å². The van der Waals surface area contributed by atoms with Crippen LogP contribution in [-0.4, -0.2) is 26.4 Å². The molecule has 0 amide bonds. The van der Waals surface area contributed by atoms with Crippen LogP contribution in [0.2, 0.25) is 0 Å². The molecule has 2 aliphatic rings. The molecule has 2 fully saturated rings. The van der Waals surface area contributed by atoms with E-state index in [0.29, 0.717) is 51.5 Å². The van der Waals surface area contributed by atoms with Crippen molar-refractivity contribution in [3.63, 3.8) is 0 Å². The lowest BCUT2D eigenvalue weighted by molar-refractivity contribution is -0.0772. The molecule has 0 radical (unpaired) electrons. The van der Waals surface area contributed by atoms with Crippen molar-refractivity contribution in [2.24, 2.45) is 5.41 Å². The highest BCUT2D eigenvalue weighted by Gasteiger charge is 2.44. The zero-order valence-corrected chi connectivity index (χ0v) is 23.1. The van der Waals surface area contributed by atoms with Gasteiger partial charge >= 0.3 is 17.2 Å². The van der Waals surface area contributed by atoms with Crippen molar-refractivity contribution in [3.05, 3.63) is 70.8 Å². The first-order valence-corrected chi connectivity index (χ1v) is 14.7. The second-order valence-corrected chi connectivity index (χ2v) is 12.1. The smallest absolute Gasteiger partial charge is 0.311 e. The molecule has 2 heterocycles. The minimum Gasteiger partial charge on any atom is -0.311 e. The normalized spacial score (nSPS) is 26.5. The summed E-state index contributed by atoms with van der Waals surface area (Å²) in [5, 5.41) is 0. The molecule has 0 bridgehead atoms. The summed E-state index contributed by atoms with van der Waals surface area (Å²) < 4.78 is 35.4. The van der Waals surface area contributed by atoms with Crippen LogP contribution in [0.5, 0.6) is 0 Å². The molecule has 1 spiro atoms. The van der Waals surface area contributed by atoms with E-state index >= 15 is 0 Å². The average molecular weight is 521 g/mol. The van der Waals surface area contributed by atoms with Crippen LogP contribution in [0.4, 0.5) is 0 Å². The Morgan fingerprint density at radius 1 is 0.657 bits per heavy atom. The van der Waals surface area contributed by atoms with Crippen LogP contribution in [-0.2, 0) is 40.4 Å². The van der Waals surface area contributed by atoms with E-state index in [1.807, 2.05) is 0 Å². The van der Waals surface area contributed by atoms with Crippen molar-refractivity contribution in [1.29, 1.82) is 0 Å². The third-order valence-corrected chi connectivity index (χ3v) is 8.94. The van der Waals surface area contributed by atoms with Crippen LogP contribution in [0.3, 0.4) is 0 Å². The van der Waals surface area contributed by atoms with Gasteiger partial charge in [-0.2, -0.15) is 0 Å². The number of hydrogen-bond donors (Lipinski definition) is 0. The topological polar surface area (TPSA) is 55.4 Å². The molecular weight excluding hydrogens is 482 g/mol. The van der Waals surface area contributed by atoms with Gasteiger partial charge in [0.25, 0.3) is 0 Å². The van der Waals surface area contributed by atoms with Gasteiger partial charge in [0, 0.05) is 0 Å². The first-order valence-electron chi connectivity index (χ1n) is 12.6. The second kappa shape index (κ2) is 13.0. The van der Waals surface area contributed by atoms with E-state index in [0.717, 1.165) is 24.0 Å². The van der Waals surface area contributed by atoms with Crippen LogP contribution in [0.25, 0.3) is 0 Å². The van der Waals surface area contributed by atoms with Gasteiger partial charge in [0.1, 0.15) is 0 Å². The van der Waals surface area contributed by atoms with Crippen molar-refractivity contribution in [1.82, 2.24) is 0 Å². The zero-order chi connectivity index (χ0) is 24.7. The van der Waals surface area contributed by atoms with E-state index in [1.54, 1.807) is 0 Å². The maximum Gasteiger partial charge on any atom is 0.333 e. The fourth-order valence-electron chi connectivity index (χ4n) is 3.84. The van der Waals surface area contributed by atoms with E-state index in [9.17, 15) is 0 Å². The fourth-order valence-corrected chi connectivity index (χ4v) is 6.32. The number of benzene rings is 2. The lowest BCUT2D eigenvalue weighted by atomic mass is 9.93. The summed E-state index contributed by atoms with van der Waals surface area (Å²) in [6, 6.07) is 17.2. The van der Waals surface area contributed by atoms with Crippen molar-refractivity contribution < 1.29 is 27.1 Å². The van der Waals surface area contributed by atoms with Gasteiger partial charge in [0.2, 0.25) is 0 Å². The van der Waals surface area contributed by atoms with Gasteiger partial charge in [-0.25, -0.2) is 0 Å². The molecule has 2 aliphatic heterocycles. The molecule has 2 unspecified atom stereocenters. The minimum atomic E-state index is -1.36. The van der Waals surface area contributed by atoms with Gasteiger partial charge < -0.3 is 27.1 Å². The van der Waals surface area contributed by atoms with Crippen molar-refractivity contribution in [3.8, 4) is 0 Å². The van der Waals surface area contributed by atoms with Gasteiger partial charge in [-0.05, 0) is 46.9 Å². The van der Waals surface area contributed by atoms with E-state index in [2.05, 4.69) is 76.2 Å². The van der Waals surface area contributed by atoms with E-state index < -0.39 is 17.2 Å². The highest BCUT2D eigenvalue weighted by Crippen LogP contribution is 2.53. The van der Waals surface area contributed by atoms with Crippen LogP contribution in [0, 0.1) is 5.41 Å². The first kappa shape index (κ1) is 27.1. The van der Waals surface area contributed by atoms with E-state index in [-0.39, 0.29) is 5.41 Å². The molecule has 2 aromatic carbocycles. The Kier molecular flexibility index (Phi) is 10.1. The lowest BCUT2D eigenvalue weighted by Crippen LogP contribution is -2.44. The molecule has 35 heavy (non-hydrogen) atoms. The maximum atomic E-state index is 5.90. The highest BCUT2D eigenvalue weighted by molar-refractivity contribution is 7.42. The Morgan fingerprint density at radius 2 is 1.00 bits per heavy atom. The summed E-state index contributed by atoms with van der Waals surface area (Å²) in [5.74, 6) is 1.14. The Morgan fingerprint density at radius 3 is 1.31 bits per heavy atom. The third kappa shape index (κ3) is 7.53. The molecule has 2 aromatic rings. The monoisotopic (exact) mass is 520 g/mol. The Labute approximate surface area is 212 Å². The van der Waals surface area contributed by atoms with Crippen molar-refractivity contribution >= 4 is 17.2 Å². The SMILES string of the molecule is CCC(C)c1ccc(COP2OCC3(CO2)COP(OCc2ccc(C(C)CC)cc2)OC3)cc1. The van der Waals surface area contributed by atoms with Crippen LogP contribution < -0.4 is 0 Å². The molecule has 0 aromatic heterocycles. The molecule has 0 N–H and O–H groups in total. The molecular formula is C27H38O6P2. The average Bonchev–Trinajstić information content (AvgIpc) is 2.92.